The summed E-state index contributed by atoms with van der Waals surface area (Å²) in [6.07, 6.45) is 0.448. The maximum Gasteiger partial charge on any atom is 0.268 e. The zero-order valence-electron chi connectivity index (χ0n) is 14.6. The van der Waals surface area contributed by atoms with Crippen LogP contribution >= 0.6 is 0 Å². The van der Waals surface area contributed by atoms with Crippen LogP contribution in [0.4, 0.5) is 0 Å². The number of carbonyl (C=O) groups is 1. The largest absolute Gasteiger partial charge is 0.423 e. The molecule has 0 atom stereocenters. The van der Waals surface area contributed by atoms with Crippen molar-refractivity contribution < 1.29 is 17.6 Å². The van der Waals surface area contributed by atoms with Gasteiger partial charge in [-0.3, -0.25) is 4.79 Å². The van der Waals surface area contributed by atoms with Gasteiger partial charge >= 0.3 is 0 Å². The summed E-state index contributed by atoms with van der Waals surface area (Å²) in [5.74, 6) is -0.328. The fourth-order valence-corrected chi connectivity index (χ4v) is 4.54. The topological polar surface area (TPSA) is 93.4 Å². The van der Waals surface area contributed by atoms with Gasteiger partial charge in [-0.25, -0.2) is 12.7 Å². The predicted octanol–water partition coefficient (Wildman–Crippen LogP) is 2.45. The summed E-state index contributed by atoms with van der Waals surface area (Å²) in [6.45, 7) is 1.72. The molecule has 3 aromatic rings. The Bertz CT molecular complexity index is 1120. The second-order valence-corrected chi connectivity index (χ2v) is 8.31. The molecule has 0 saturated heterocycles. The normalized spacial score (nSPS) is 15.6. The highest BCUT2D eigenvalue weighted by molar-refractivity contribution is 7.89. The number of nitrogens with zero attached hydrogens (tertiary/aromatic N) is 3. The molecule has 0 radical (unpaired) electrons. The molecule has 0 bridgehead atoms. The van der Waals surface area contributed by atoms with Gasteiger partial charge in [-0.2, -0.15) is 0 Å². The Hall–Kier alpha value is -3.00. The number of hydrogen-bond acceptors (Lipinski definition) is 6. The third-order valence-electron chi connectivity index (χ3n) is 4.54. The molecule has 8 heteroatoms. The third kappa shape index (κ3) is 3.35. The second-order valence-electron chi connectivity index (χ2n) is 6.42. The van der Waals surface area contributed by atoms with E-state index in [-0.39, 0.29) is 18.2 Å². The van der Waals surface area contributed by atoms with E-state index in [9.17, 15) is 13.2 Å². The average Bonchev–Trinajstić information content (AvgIpc) is 3.07. The minimum absolute atomic E-state index is 0.0925. The highest BCUT2D eigenvalue weighted by Crippen LogP contribution is 2.26. The zero-order valence-corrected chi connectivity index (χ0v) is 15.4. The molecule has 1 aliphatic heterocycles. The summed E-state index contributed by atoms with van der Waals surface area (Å²) in [6, 6.07) is 14.5. The van der Waals surface area contributed by atoms with E-state index in [0.29, 0.717) is 23.4 Å². The highest BCUT2D eigenvalue weighted by atomic mass is 32.2. The molecule has 1 aliphatic rings. The van der Waals surface area contributed by atoms with Crippen molar-refractivity contribution >= 4 is 15.9 Å². The van der Waals surface area contributed by atoms with Gasteiger partial charge in [-0.05, 0) is 29.7 Å². The van der Waals surface area contributed by atoms with Gasteiger partial charge in [0.25, 0.3) is 5.91 Å². The molecule has 1 amide bonds. The quantitative estimate of drug-likeness (QED) is 0.687. The van der Waals surface area contributed by atoms with Crippen molar-refractivity contribution in [3.63, 3.8) is 0 Å². The first-order chi connectivity index (χ1) is 12.9. The third-order valence-corrected chi connectivity index (χ3v) is 6.18. The molecule has 2 aromatic carbocycles. The van der Waals surface area contributed by atoms with Crippen LogP contribution in [0.3, 0.4) is 0 Å². The Labute approximate surface area is 156 Å². The van der Waals surface area contributed by atoms with E-state index >= 15 is 0 Å². The maximum atomic E-state index is 12.6. The number of aryl methyl sites for hydroxylation is 1. The Kier molecular flexibility index (Phi) is 4.27. The second kappa shape index (κ2) is 6.62. The molecular formula is C19H17N3O4S. The van der Waals surface area contributed by atoms with E-state index in [4.69, 9.17) is 4.42 Å². The van der Waals surface area contributed by atoms with Gasteiger partial charge in [0.2, 0.25) is 21.8 Å². The summed E-state index contributed by atoms with van der Waals surface area (Å²) in [4.78, 5) is 12.6. The number of fused-ring (bicyclic) bond motifs is 1. The van der Waals surface area contributed by atoms with Crippen LogP contribution in [0.25, 0.3) is 0 Å². The van der Waals surface area contributed by atoms with E-state index in [1.807, 2.05) is 31.2 Å². The van der Waals surface area contributed by atoms with Crippen LogP contribution in [0.5, 0.6) is 0 Å². The number of amides is 1. The van der Waals surface area contributed by atoms with Gasteiger partial charge in [0, 0.05) is 5.56 Å². The van der Waals surface area contributed by atoms with Crippen LogP contribution in [-0.4, -0.2) is 28.8 Å². The highest BCUT2D eigenvalue weighted by Gasteiger charge is 2.36. The molecule has 0 saturated carbocycles. The lowest BCUT2D eigenvalue weighted by Crippen LogP contribution is -2.41. The lowest BCUT2D eigenvalue weighted by molar-refractivity contribution is 0.0840. The Balaban J connectivity index is 1.57. The molecule has 0 aliphatic carbocycles. The van der Waals surface area contributed by atoms with E-state index in [1.165, 1.54) is 0 Å². The summed E-state index contributed by atoms with van der Waals surface area (Å²) < 4.78 is 31.4. The van der Waals surface area contributed by atoms with Crippen molar-refractivity contribution in [1.29, 1.82) is 0 Å². The Morgan fingerprint density at radius 1 is 1.04 bits per heavy atom. The minimum Gasteiger partial charge on any atom is -0.423 e. The monoisotopic (exact) mass is 383 g/mol. The van der Waals surface area contributed by atoms with E-state index in [1.54, 1.807) is 24.3 Å². The number of sulfonamides is 1. The van der Waals surface area contributed by atoms with Crippen molar-refractivity contribution in [3.8, 4) is 0 Å². The number of benzene rings is 2. The average molecular weight is 383 g/mol. The van der Waals surface area contributed by atoms with Gasteiger partial charge in [-0.15, -0.1) is 10.2 Å². The van der Waals surface area contributed by atoms with Crippen LogP contribution in [-0.2, 0) is 28.7 Å². The van der Waals surface area contributed by atoms with Gasteiger partial charge in [-0.1, -0.05) is 42.5 Å². The van der Waals surface area contributed by atoms with Gasteiger partial charge in [0.1, 0.15) is 6.54 Å². The van der Waals surface area contributed by atoms with Crippen molar-refractivity contribution in [1.82, 2.24) is 14.5 Å². The predicted molar refractivity (Wildman–Crippen MR) is 97.2 cm³/mol. The van der Waals surface area contributed by atoms with Crippen LogP contribution in [0.15, 0.2) is 52.9 Å². The fraction of sp³-hybridized carbons (Fsp3) is 0.211. The van der Waals surface area contributed by atoms with Crippen molar-refractivity contribution in [2.45, 2.75) is 25.6 Å². The number of carbonyl (C=O) groups excluding carboxylic acids is 1. The molecule has 1 aromatic heterocycles. The SMILES string of the molecule is Cc1ccccc1Cc1nnc(CN2C(=O)c3ccccc3CS2(=O)=O)o1. The van der Waals surface area contributed by atoms with Crippen molar-refractivity contribution in [2.75, 3.05) is 0 Å². The Morgan fingerprint density at radius 3 is 2.56 bits per heavy atom. The van der Waals surface area contributed by atoms with E-state index in [0.717, 1.165) is 15.4 Å². The van der Waals surface area contributed by atoms with Crippen molar-refractivity contribution in [3.05, 3.63) is 82.6 Å². The first-order valence-electron chi connectivity index (χ1n) is 8.42. The van der Waals surface area contributed by atoms with Gasteiger partial charge in [0.05, 0.1) is 12.2 Å². The molecule has 0 N–H and O–H groups in total. The molecule has 0 fully saturated rings. The lowest BCUT2D eigenvalue weighted by Gasteiger charge is -2.26. The summed E-state index contributed by atoms with van der Waals surface area (Å²) in [5, 5.41) is 7.90. The van der Waals surface area contributed by atoms with Crippen LogP contribution in [0, 0.1) is 6.92 Å². The minimum atomic E-state index is -3.78. The van der Waals surface area contributed by atoms with E-state index in [2.05, 4.69) is 10.2 Å². The van der Waals surface area contributed by atoms with Gasteiger partial charge < -0.3 is 4.42 Å². The number of hydrogen-bond donors (Lipinski definition) is 0. The summed E-state index contributed by atoms with van der Waals surface area (Å²) in [5.41, 5.74) is 3.03. The van der Waals surface area contributed by atoms with Crippen LogP contribution in [0.1, 0.15) is 38.8 Å². The fourth-order valence-electron chi connectivity index (χ4n) is 3.08. The first-order valence-corrected chi connectivity index (χ1v) is 10.0. The molecule has 0 unspecified atom stereocenters. The number of aromatic nitrogens is 2. The molecule has 138 valence electrons. The molecule has 0 spiro atoms. The van der Waals surface area contributed by atoms with Gasteiger partial charge in [0.15, 0.2) is 0 Å². The van der Waals surface area contributed by atoms with E-state index < -0.39 is 15.9 Å². The standard InChI is InChI=1S/C19H17N3O4S/c1-13-6-2-3-7-14(13)10-17-20-21-18(26-17)11-22-19(23)16-9-5-4-8-15(16)12-27(22,24)25/h2-9H,10-12H2,1H3. The Morgan fingerprint density at radius 2 is 1.74 bits per heavy atom. The molecule has 4 rings (SSSR count). The first kappa shape index (κ1) is 17.4. The molecular weight excluding hydrogens is 366 g/mol. The maximum absolute atomic E-state index is 12.6. The zero-order chi connectivity index (χ0) is 19.0. The summed E-state index contributed by atoms with van der Waals surface area (Å²) in [7, 11) is -3.78. The van der Waals surface area contributed by atoms with Crippen LogP contribution < -0.4 is 0 Å². The van der Waals surface area contributed by atoms with Crippen LogP contribution in [0.2, 0.25) is 0 Å². The number of rotatable bonds is 4. The smallest absolute Gasteiger partial charge is 0.268 e. The lowest BCUT2D eigenvalue weighted by atomic mass is 10.1. The van der Waals surface area contributed by atoms with Crippen molar-refractivity contribution in [2.24, 2.45) is 0 Å². The molecule has 7 nitrogen and oxygen atoms in total. The molecule has 2 heterocycles. The summed E-state index contributed by atoms with van der Waals surface area (Å²) >= 11 is 0. The molecule has 27 heavy (non-hydrogen) atoms.